The van der Waals surface area contributed by atoms with Gasteiger partial charge in [0.2, 0.25) is 5.13 Å². The Kier molecular flexibility index (Phi) is 4.34. The molecule has 0 atom stereocenters. The molecule has 0 bridgehead atoms. The Bertz CT molecular complexity index is 467. The topological polar surface area (TPSA) is 37.8 Å². The summed E-state index contributed by atoms with van der Waals surface area (Å²) in [4.78, 5) is 4.43. The van der Waals surface area contributed by atoms with Gasteiger partial charge < -0.3 is 5.32 Å². The van der Waals surface area contributed by atoms with Crippen molar-refractivity contribution in [1.29, 1.82) is 0 Å². The number of nitrogens with one attached hydrogen (secondary N) is 1. The second kappa shape index (κ2) is 5.98. The minimum atomic E-state index is 0.751. The van der Waals surface area contributed by atoms with Crippen molar-refractivity contribution in [3.8, 4) is 0 Å². The van der Waals surface area contributed by atoms with Crippen LogP contribution in [0.5, 0.6) is 0 Å². The smallest absolute Gasteiger partial charge is 0.202 e. The van der Waals surface area contributed by atoms with Gasteiger partial charge >= 0.3 is 0 Å². The largest absolute Gasteiger partial charge is 0.360 e. The van der Waals surface area contributed by atoms with Gasteiger partial charge in [0.05, 0.1) is 0 Å². The fourth-order valence-electron chi connectivity index (χ4n) is 1.41. The van der Waals surface area contributed by atoms with Crippen LogP contribution in [0.2, 0.25) is 5.02 Å². The fraction of sp³-hybridized carbons (Fsp3) is 0.333. The Labute approximate surface area is 110 Å². The number of aromatic nitrogens is 2. The maximum Gasteiger partial charge on any atom is 0.202 e. The number of halogens is 1. The van der Waals surface area contributed by atoms with E-state index in [9.17, 15) is 0 Å². The van der Waals surface area contributed by atoms with Crippen LogP contribution in [-0.2, 0) is 6.42 Å². The monoisotopic (exact) mass is 267 g/mol. The normalized spacial score (nSPS) is 10.5. The number of nitrogens with zero attached hydrogens (tertiary/aromatic N) is 2. The van der Waals surface area contributed by atoms with E-state index in [1.165, 1.54) is 17.1 Å². The van der Waals surface area contributed by atoms with Crippen molar-refractivity contribution >= 4 is 28.3 Å². The van der Waals surface area contributed by atoms with E-state index in [-0.39, 0.29) is 0 Å². The summed E-state index contributed by atoms with van der Waals surface area (Å²) >= 11 is 7.25. The maximum absolute atomic E-state index is 5.84. The molecule has 0 unspecified atom stereocenters. The molecule has 0 fully saturated rings. The van der Waals surface area contributed by atoms with Crippen LogP contribution in [0.4, 0.5) is 5.13 Å². The molecule has 1 N–H and O–H groups in total. The molecule has 0 saturated heterocycles. The summed E-state index contributed by atoms with van der Waals surface area (Å²) in [6.07, 6.45) is 1.84. The van der Waals surface area contributed by atoms with Crippen LogP contribution in [0.1, 0.15) is 24.7 Å². The molecule has 0 saturated carbocycles. The molecule has 0 amide bonds. The Morgan fingerprint density at radius 2 is 2.06 bits per heavy atom. The summed E-state index contributed by atoms with van der Waals surface area (Å²) in [5, 5.41) is 4.89. The maximum atomic E-state index is 5.84. The van der Waals surface area contributed by atoms with Crippen molar-refractivity contribution in [1.82, 2.24) is 9.36 Å². The number of hydrogen-bond acceptors (Lipinski definition) is 4. The molecule has 1 aromatic carbocycles. The molecule has 90 valence electrons. The van der Waals surface area contributed by atoms with Crippen LogP contribution in [0.15, 0.2) is 24.3 Å². The first kappa shape index (κ1) is 12.3. The van der Waals surface area contributed by atoms with Crippen molar-refractivity contribution in [3.05, 3.63) is 40.7 Å². The Morgan fingerprint density at radius 1 is 1.29 bits per heavy atom. The molecule has 0 aliphatic carbocycles. The summed E-state index contributed by atoms with van der Waals surface area (Å²) in [6.45, 7) is 3.07. The van der Waals surface area contributed by atoms with Crippen molar-refractivity contribution in [2.24, 2.45) is 0 Å². The molecular weight excluding hydrogens is 254 g/mol. The molecule has 2 rings (SSSR count). The summed E-state index contributed by atoms with van der Waals surface area (Å²) in [7, 11) is 0. The summed E-state index contributed by atoms with van der Waals surface area (Å²) in [5.74, 6) is 0.857. The molecule has 3 nitrogen and oxygen atoms in total. The van der Waals surface area contributed by atoms with Gasteiger partial charge in [-0.25, -0.2) is 4.98 Å². The zero-order valence-corrected chi connectivity index (χ0v) is 11.2. The third-order valence-electron chi connectivity index (χ3n) is 2.27. The van der Waals surface area contributed by atoms with E-state index >= 15 is 0 Å². The number of rotatable bonds is 5. The van der Waals surface area contributed by atoms with E-state index in [1.54, 1.807) is 0 Å². The summed E-state index contributed by atoms with van der Waals surface area (Å²) in [5.41, 5.74) is 1.18. The van der Waals surface area contributed by atoms with E-state index in [4.69, 9.17) is 11.6 Å². The van der Waals surface area contributed by atoms with Crippen LogP contribution in [0.25, 0.3) is 0 Å². The van der Waals surface area contributed by atoms with Crippen molar-refractivity contribution < 1.29 is 0 Å². The fourth-order valence-corrected chi connectivity index (χ4v) is 2.15. The first-order valence-electron chi connectivity index (χ1n) is 5.59. The predicted molar refractivity (Wildman–Crippen MR) is 72.9 cm³/mol. The van der Waals surface area contributed by atoms with Crippen LogP contribution in [0.3, 0.4) is 0 Å². The zero-order valence-electron chi connectivity index (χ0n) is 9.61. The Balaban J connectivity index is 1.98. The lowest BCUT2D eigenvalue weighted by molar-refractivity contribution is 0.966. The van der Waals surface area contributed by atoms with Crippen LogP contribution >= 0.6 is 23.1 Å². The number of benzene rings is 1. The summed E-state index contributed by atoms with van der Waals surface area (Å²) < 4.78 is 4.32. The predicted octanol–water partition coefficient (Wildman–Crippen LogP) is 3.60. The SMILES string of the molecule is CCCNc1nc(Cc2ccc(Cl)cc2)ns1. The first-order chi connectivity index (χ1) is 8.28. The van der Waals surface area contributed by atoms with Gasteiger partial charge in [0.25, 0.3) is 0 Å². The minimum Gasteiger partial charge on any atom is -0.360 e. The van der Waals surface area contributed by atoms with Gasteiger partial charge in [0.15, 0.2) is 0 Å². The van der Waals surface area contributed by atoms with Gasteiger partial charge in [0, 0.05) is 29.5 Å². The highest BCUT2D eigenvalue weighted by Gasteiger charge is 2.04. The molecule has 0 aliphatic heterocycles. The second-order valence-electron chi connectivity index (χ2n) is 3.75. The van der Waals surface area contributed by atoms with E-state index in [1.807, 2.05) is 24.3 Å². The lowest BCUT2D eigenvalue weighted by Crippen LogP contribution is -1.99. The van der Waals surface area contributed by atoms with Gasteiger partial charge in [0.1, 0.15) is 5.82 Å². The molecule has 2 aromatic rings. The standard InChI is InChI=1S/C12H14ClN3S/c1-2-7-14-12-15-11(16-17-12)8-9-3-5-10(13)6-4-9/h3-6H,2,7-8H2,1H3,(H,14,15,16). The zero-order chi connectivity index (χ0) is 12.1. The number of anilines is 1. The highest BCUT2D eigenvalue weighted by atomic mass is 35.5. The highest BCUT2D eigenvalue weighted by molar-refractivity contribution is 7.09. The molecule has 17 heavy (non-hydrogen) atoms. The van der Waals surface area contributed by atoms with Crippen LogP contribution < -0.4 is 5.32 Å². The molecular formula is C12H14ClN3S. The quantitative estimate of drug-likeness (QED) is 0.899. The molecule has 1 aromatic heterocycles. The second-order valence-corrected chi connectivity index (χ2v) is 4.93. The van der Waals surface area contributed by atoms with E-state index in [0.29, 0.717) is 0 Å². The lowest BCUT2D eigenvalue weighted by atomic mass is 10.1. The molecule has 0 aliphatic rings. The average Bonchev–Trinajstić information content (AvgIpc) is 2.77. The van der Waals surface area contributed by atoms with Gasteiger partial charge in [-0.15, -0.1) is 0 Å². The molecule has 1 heterocycles. The Hall–Kier alpha value is -1.13. The molecule has 5 heteroatoms. The minimum absolute atomic E-state index is 0.751. The lowest BCUT2D eigenvalue weighted by Gasteiger charge is -1.98. The van der Waals surface area contributed by atoms with E-state index < -0.39 is 0 Å². The summed E-state index contributed by atoms with van der Waals surface area (Å²) in [6, 6.07) is 7.78. The van der Waals surface area contributed by atoms with E-state index in [0.717, 1.165) is 35.4 Å². The van der Waals surface area contributed by atoms with Gasteiger partial charge in [-0.3, -0.25) is 0 Å². The number of hydrogen-bond donors (Lipinski definition) is 1. The van der Waals surface area contributed by atoms with Crippen LogP contribution in [0, 0.1) is 0 Å². The first-order valence-corrected chi connectivity index (χ1v) is 6.74. The van der Waals surface area contributed by atoms with Crippen molar-refractivity contribution in [3.63, 3.8) is 0 Å². The average molecular weight is 268 g/mol. The Morgan fingerprint density at radius 3 is 2.76 bits per heavy atom. The van der Waals surface area contributed by atoms with Crippen LogP contribution in [-0.4, -0.2) is 15.9 Å². The molecule has 0 spiro atoms. The highest BCUT2D eigenvalue weighted by Crippen LogP contribution is 2.15. The third-order valence-corrected chi connectivity index (χ3v) is 3.23. The van der Waals surface area contributed by atoms with E-state index in [2.05, 4.69) is 21.6 Å². The third kappa shape index (κ3) is 3.68. The van der Waals surface area contributed by atoms with Gasteiger partial charge in [-0.1, -0.05) is 30.7 Å². The molecule has 0 radical (unpaired) electrons. The van der Waals surface area contributed by atoms with Crippen molar-refractivity contribution in [2.45, 2.75) is 19.8 Å². The van der Waals surface area contributed by atoms with Gasteiger partial charge in [-0.2, -0.15) is 4.37 Å². The van der Waals surface area contributed by atoms with Gasteiger partial charge in [-0.05, 0) is 24.1 Å². The van der Waals surface area contributed by atoms with Crippen molar-refractivity contribution in [2.75, 3.05) is 11.9 Å².